The van der Waals surface area contributed by atoms with Crippen molar-refractivity contribution in [2.24, 2.45) is 7.05 Å². The van der Waals surface area contributed by atoms with Crippen LogP contribution in [0.4, 0.5) is 15.9 Å². The minimum absolute atomic E-state index is 0.155. The van der Waals surface area contributed by atoms with Crippen molar-refractivity contribution in [3.05, 3.63) is 52.4 Å². The predicted octanol–water partition coefficient (Wildman–Crippen LogP) is 3.25. The summed E-state index contributed by atoms with van der Waals surface area (Å²) in [5.74, 6) is -0.699. The fourth-order valence-corrected chi connectivity index (χ4v) is 3.63. The van der Waals surface area contributed by atoms with Gasteiger partial charge in [-0.1, -0.05) is 23.8 Å². The number of carbonyl (C=O) groups is 1. The summed E-state index contributed by atoms with van der Waals surface area (Å²) in [6.45, 7) is 2.59. The van der Waals surface area contributed by atoms with E-state index in [2.05, 4.69) is 15.1 Å². The molecule has 0 fully saturated rings. The van der Waals surface area contributed by atoms with E-state index in [-0.39, 0.29) is 22.3 Å². The normalized spacial score (nSPS) is 16.7. The van der Waals surface area contributed by atoms with Crippen LogP contribution < -0.4 is 14.3 Å². The lowest BCUT2D eigenvalue weighted by molar-refractivity contribution is 0.101. The number of nitriles is 1. The Bertz CT molecular complexity index is 954. The van der Waals surface area contributed by atoms with Gasteiger partial charge in [0, 0.05) is 30.9 Å². The molecule has 1 aromatic carbocycles. The molecule has 2 aromatic rings. The van der Waals surface area contributed by atoms with Gasteiger partial charge >= 0.3 is 0 Å². The van der Waals surface area contributed by atoms with E-state index in [1.54, 1.807) is 13.1 Å². The molecule has 1 aliphatic rings. The Hall–Kier alpha value is -2.54. The third-order valence-corrected chi connectivity index (χ3v) is 5.18. The van der Waals surface area contributed by atoms with Gasteiger partial charge in [0.05, 0.1) is 12.1 Å². The summed E-state index contributed by atoms with van der Waals surface area (Å²) >= 11 is 7.79. The molecule has 1 atom stereocenters. The summed E-state index contributed by atoms with van der Waals surface area (Å²) in [5.41, 5.74) is 0.299. The predicted molar refractivity (Wildman–Crippen MR) is 104 cm³/mol. The van der Waals surface area contributed by atoms with Crippen LogP contribution in [0.3, 0.4) is 0 Å². The quantitative estimate of drug-likeness (QED) is 0.601. The van der Waals surface area contributed by atoms with Crippen LogP contribution in [0.15, 0.2) is 30.4 Å². The Morgan fingerprint density at radius 3 is 3.07 bits per heavy atom. The lowest BCUT2D eigenvalue weighted by Crippen LogP contribution is -2.23. The minimum atomic E-state index is -0.649. The molecule has 1 amide bonds. The van der Waals surface area contributed by atoms with Gasteiger partial charge in [0.1, 0.15) is 22.6 Å². The Morgan fingerprint density at radius 2 is 2.33 bits per heavy atom. The van der Waals surface area contributed by atoms with Crippen molar-refractivity contribution in [1.82, 2.24) is 14.5 Å². The molecule has 0 saturated carbocycles. The van der Waals surface area contributed by atoms with Crippen LogP contribution in [-0.2, 0) is 7.05 Å². The number of hydrogen-bond acceptors (Lipinski definition) is 6. The molecule has 0 bridgehead atoms. The highest BCUT2D eigenvalue weighted by Gasteiger charge is 2.25. The molecule has 27 heavy (non-hydrogen) atoms. The van der Waals surface area contributed by atoms with Gasteiger partial charge in [-0.05, 0) is 25.1 Å². The summed E-state index contributed by atoms with van der Waals surface area (Å²) < 4.78 is 19.9. The van der Waals surface area contributed by atoms with Crippen molar-refractivity contribution in [2.45, 2.75) is 13.0 Å². The van der Waals surface area contributed by atoms with Gasteiger partial charge in [-0.25, -0.2) is 9.11 Å². The van der Waals surface area contributed by atoms with Crippen LogP contribution in [0.25, 0.3) is 0 Å². The van der Waals surface area contributed by atoms with E-state index in [1.807, 2.05) is 23.4 Å². The van der Waals surface area contributed by atoms with Crippen molar-refractivity contribution in [3.63, 3.8) is 0 Å². The highest BCUT2D eigenvalue weighted by Crippen LogP contribution is 2.32. The molecule has 1 aliphatic heterocycles. The standard InChI is InChI=1S/C17H16ClFN6OS/c1-10-4-3-7-25(27-23-10)16-14(18)15(24(2)22-16)17(26)21-12-5-6-13(19)11(8-12)9-20/h3-6,8,10,23H,7H2,1-2H3,(H,21,26). The van der Waals surface area contributed by atoms with Crippen LogP contribution in [-0.4, -0.2) is 28.3 Å². The number of rotatable bonds is 3. The van der Waals surface area contributed by atoms with Crippen LogP contribution in [0.1, 0.15) is 23.0 Å². The maximum atomic E-state index is 13.4. The third-order valence-electron chi connectivity index (χ3n) is 3.81. The second-order valence-electron chi connectivity index (χ2n) is 5.86. The summed E-state index contributed by atoms with van der Waals surface area (Å²) in [4.78, 5) is 12.7. The zero-order chi connectivity index (χ0) is 19.6. The van der Waals surface area contributed by atoms with Crippen LogP contribution >= 0.6 is 23.7 Å². The van der Waals surface area contributed by atoms with Gasteiger partial charge in [-0.2, -0.15) is 10.4 Å². The molecule has 140 valence electrons. The first-order valence-electron chi connectivity index (χ1n) is 8.01. The fourth-order valence-electron chi connectivity index (χ4n) is 2.48. The van der Waals surface area contributed by atoms with Gasteiger partial charge in [0.2, 0.25) is 0 Å². The van der Waals surface area contributed by atoms with Crippen LogP contribution in [0.5, 0.6) is 0 Å². The number of aromatic nitrogens is 2. The molecular weight excluding hydrogens is 391 g/mol. The lowest BCUT2D eigenvalue weighted by Gasteiger charge is -2.18. The molecule has 2 N–H and O–H groups in total. The summed E-state index contributed by atoms with van der Waals surface area (Å²) in [6.07, 6.45) is 4.02. The van der Waals surface area contributed by atoms with E-state index < -0.39 is 11.7 Å². The topological polar surface area (TPSA) is 86.0 Å². The number of nitrogens with zero attached hydrogens (tertiary/aromatic N) is 4. The largest absolute Gasteiger partial charge is 0.321 e. The van der Waals surface area contributed by atoms with Crippen LogP contribution in [0.2, 0.25) is 5.02 Å². The number of anilines is 2. The molecule has 0 radical (unpaired) electrons. The Balaban J connectivity index is 1.85. The number of nitrogens with one attached hydrogen (secondary N) is 2. The second kappa shape index (κ2) is 8.00. The van der Waals surface area contributed by atoms with Gasteiger partial charge in [-0.3, -0.25) is 13.8 Å². The van der Waals surface area contributed by atoms with Gasteiger partial charge < -0.3 is 5.32 Å². The van der Waals surface area contributed by atoms with Crippen molar-refractivity contribution in [3.8, 4) is 6.07 Å². The average Bonchev–Trinajstić information content (AvgIpc) is 2.79. The molecule has 1 unspecified atom stereocenters. The van der Waals surface area contributed by atoms with Crippen molar-refractivity contribution < 1.29 is 9.18 Å². The molecule has 0 spiro atoms. The Labute approximate surface area is 165 Å². The highest BCUT2D eigenvalue weighted by molar-refractivity contribution is 7.98. The zero-order valence-electron chi connectivity index (χ0n) is 14.5. The number of halogens is 2. The molecule has 10 heteroatoms. The number of aryl methyl sites for hydroxylation is 1. The highest BCUT2D eigenvalue weighted by atomic mass is 35.5. The van der Waals surface area contributed by atoms with Gasteiger partial charge in [0.15, 0.2) is 5.82 Å². The summed E-state index contributed by atoms with van der Waals surface area (Å²) in [7, 11) is 1.62. The number of carbonyl (C=O) groups excluding carboxylic acids is 1. The number of amides is 1. The van der Waals surface area contributed by atoms with E-state index in [0.29, 0.717) is 18.1 Å². The number of hydrogen-bond donors (Lipinski definition) is 2. The fraction of sp³-hybridized carbons (Fsp3) is 0.235. The van der Waals surface area contributed by atoms with Crippen LogP contribution in [0, 0.1) is 17.1 Å². The molecule has 0 saturated heterocycles. The first kappa shape index (κ1) is 19.2. The van der Waals surface area contributed by atoms with E-state index in [9.17, 15) is 9.18 Å². The molecule has 1 aromatic heterocycles. The maximum absolute atomic E-state index is 13.4. The smallest absolute Gasteiger partial charge is 0.275 e. The monoisotopic (exact) mass is 406 g/mol. The van der Waals surface area contributed by atoms with E-state index in [0.717, 1.165) is 6.07 Å². The Kier molecular flexibility index (Phi) is 5.70. The minimum Gasteiger partial charge on any atom is -0.321 e. The molecule has 7 nitrogen and oxygen atoms in total. The molecule has 3 rings (SSSR count). The van der Waals surface area contributed by atoms with Crippen molar-refractivity contribution in [2.75, 3.05) is 16.2 Å². The zero-order valence-corrected chi connectivity index (χ0v) is 16.1. The van der Waals surface area contributed by atoms with E-state index in [4.69, 9.17) is 16.9 Å². The third kappa shape index (κ3) is 4.08. The summed E-state index contributed by atoms with van der Waals surface area (Å²) in [5, 5.41) is 16.1. The second-order valence-corrected chi connectivity index (χ2v) is 7.09. The van der Waals surface area contributed by atoms with Crippen molar-refractivity contribution >= 4 is 41.1 Å². The maximum Gasteiger partial charge on any atom is 0.275 e. The summed E-state index contributed by atoms with van der Waals surface area (Å²) in [6, 6.07) is 5.69. The Morgan fingerprint density at radius 1 is 1.56 bits per heavy atom. The molecule has 0 aliphatic carbocycles. The molecular formula is C17H16ClFN6OS. The van der Waals surface area contributed by atoms with Crippen molar-refractivity contribution in [1.29, 1.82) is 5.26 Å². The van der Waals surface area contributed by atoms with E-state index >= 15 is 0 Å². The van der Waals surface area contributed by atoms with Gasteiger partial charge in [0.25, 0.3) is 5.91 Å². The van der Waals surface area contributed by atoms with E-state index in [1.165, 1.54) is 28.9 Å². The lowest BCUT2D eigenvalue weighted by atomic mass is 10.2. The average molecular weight is 407 g/mol. The molecule has 2 heterocycles. The van der Waals surface area contributed by atoms with Gasteiger partial charge in [-0.15, -0.1) is 0 Å². The number of benzene rings is 1. The SMILES string of the molecule is CC1C=CCN(c2nn(C)c(C(=O)Nc3ccc(F)c(C#N)c3)c2Cl)SN1. The first-order chi connectivity index (χ1) is 12.9. The first-order valence-corrected chi connectivity index (χ1v) is 9.16.